The first-order valence-electron chi connectivity index (χ1n) is 6.54. The molecule has 0 amide bonds. The summed E-state index contributed by atoms with van der Waals surface area (Å²) in [5, 5.41) is 0. The van der Waals surface area contributed by atoms with Crippen LogP contribution in [0.1, 0.15) is 5.56 Å². The molecule has 0 aromatic heterocycles. The molecule has 3 nitrogen and oxygen atoms in total. The Morgan fingerprint density at radius 1 is 1.21 bits per heavy atom. The normalized spacial score (nSPS) is 23.6. The van der Waals surface area contributed by atoms with Crippen molar-refractivity contribution < 1.29 is 14.2 Å². The molecule has 1 fully saturated rings. The standard InChI is InChI=1S/C16H20O3/c1-2-3-9-15-16(19-11-10-18-15)13-17-12-14-7-5-4-6-8-14/h2-9,15-16H,1,10-13H2/b9-3+/t15-,16+/m0/s1. The van der Waals surface area contributed by atoms with Gasteiger partial charge in [-0.05, 0) is 5.56 Å². The van der Waals surface area contributed by atoms with E-state index in [2.05, 4.69) is 6.58 Å². The van der Waals surface area contributed by atoms with Crippen LogP contribution in [0.2, 0.25) is 0 Å². The zero-order chi connectivity index (χ0) is 13.3. The predicted octanol–water partition coefficient (Wildman–Crippen LogP) is 2.73. The molecule has 0 radical (unpaired) electrons. The van der Waals surface area contributed by atoms with Crippen molar-refractivity contribution in [3.8, 4) is 0 Å². The van der Waals surface area contributed by atoms with Gasteiger partial charge in [-0.15, -0.1) is 0 Å². The molecule has 1 aromatic carbocycles. The molecule has 2 rings (SSSR count). The topological polar surface area (TPSA) is 27.7 Å². The Balaban J connectivity index is 1.79. The number of hydrogen-bond acceptors (Lipinski definition) is 3. The maximum absolute atomic E-state index is 5.70. The van der Waals surface area contributed by atoms with Crippen molar-refractivity contribution in [1.82, 2.24) is 0 Å². The van der Waals surface area contributed by atoms with Gasteiger partial charge in [0.05, 0.1) is 26.4 Å². The molecule has 0 unspecified atom stereocenters. The summed E-state index contributed by atoms with van der Waals surface area (Å²) in [4.78, 5) is 0. The number of rotatable bonds is 6. The van der Waals surface area contributed by atoms with E-state index in [-0.39, 0.29) is 12.2 Å². The largest absolute Gasteiger partial charge is 0.374 e. The van der Waals surface area contributed by atoms with E-state index in [9.17, 15) is 0 Å². The fourth-order valence-electron chi connectivity index (χ4n) is 1.96. The molecule has 3 heteroatoms. The zero-order valence-electron chi connectivity index (χ0n) is 11.0. The Kier molecular flexibility index (Phi) is 5.82. The predicted molar refractivity (Wildman–Crippen MR) is 74.9 cm³/mol. The first-order chi connectivity index (χ1) is 9.40. The van der Waals surface area contributed by atoms with E-state index < -0.39 is 0 Å². The minimum absolute atomic E-state index is 0.0475. The quantitative estimate of drug-likeness (QED) is 0.736. The molecule has 2 atom stereocenters. The first-order valence-corrected chi connectivity index (χ1v) is 6.54. The highest BCUT2D eigenvalue weighted by molar-refractivity contribution is 5.13. The van der Waals surface area contributed by atoms with Gasteiger partial charge in [-0.1, -0.05) is 55.1 Å². The summed E-state index contributed by atoms with van der Waals surface area (Å²) in [6.45, 7) is 6.03. The van der Waals surface area contributed by atoms with Crippen molar-refractivity contribution in [1.29, 1.82) is 0 Å². The van der Waals surface area contributed by atoms with Gasteiger partial charge >= 0.3 is 0 Å². The smallest absolute Gasteiger partial charge is 0.111 e. The number of hydrogen-bond donors (Lipinski definition) is 0. The second-order valence-corrected chi connectivity index (χ2v) is 4.37. The molecule has 1 aromatic rings. The van der Waals surface area contributed by atoms with E-state index in [0.29, 0.717) is 26.4 Å². The molecule has 1 aliphatic heterocycles. The zero-order valence-corrected chi connectivity index (χ0v) is 11.0. The molecule has 102 valence electrons. The van der Waals surface area contributed by atoms with Crippen molar-refractivity contribution in [3.05, 3.63) is 60.7 Å². The second-order valence-electron chi connectivity index (χ2n) is 4.37. The SMILES string of the molecule is C=C/C=C/[C@@H]1OCCO[C@@H]1COCc1ccccc1. The van der Waals surface area contributed by atoms with E-state index in [1.54, 1.807) is 6.08 Å². The third-order valence-electron chi connectivity index (χ3n) is 2.92. The fraction of sp³-hybridized carbons (Fsp3) is 0.375. The lowest BCUT2D eigenvalue weighted by Gasteiger charge is -2.29. The van der Waals surface area contributed by atoms with Gasteiger partial charge in [0.25, 0.3) is 0 Å². The average Bonchev–Trinajstić information content (AvgIpc) is 2.47. The van der Waals surface area contributed by atoms with Crippen molar-refractivity contribution >= 4 is 0 Å². The number of allylic oxidation sites excluding steroid dienone is 2. The Labute approximate surface area is 114 Å². The van der Waals surface area contributed by atoms with E-state index >= 15 is 0 Å². The molecule has 0 saturated carbocycles. The van der Waals surface area contributed by atoms with Gasteiger partial charge in [-0.2, -0.15) is 0 Å². The third-order valence-corrected chi connectivity index (χ3v) is 2.92. The lowest BCUT2D eigenvalue weighted by molar-refractivity contribution is -0.145. The summed E-state index contributed by atoms with van der Waals surface area (Å²) in [5.74, 6) is 0. The van der Waals surface area contributed by atoms with Crippen molar-refractivity contribution in [3.63, 3.8) is 0 Å². The summed E-state index contributed by atoms with van der Waals surface area (Å²) < 4.78 is 17.1. The van der Waals surface area contributed by atoms with Gasteiger partial charge < -0.3 is 14.2 Å². The van der Waals surface area contributed by atoms with Crippen molar-refractivity contribution in [2.24, 2.45) is 0 Å². The highest BCUT2D eigenvalue weighted by atomic mass is 16.6. The summed E-state index contributed by atoms with van der Waals surface area (Å²) >= 11 is 0. The summed E-state index contributed by atoms with van der Waals surface area (Å²) in [6.07, 6.45) is 5.47. The molecule has 1 aliphatic rings. The Hall–Kier alpha value is -1.42. The summed E-state index contributed by atoms with van der Waals surface area (Å²) in [5.41, 5.74) is 1.16. The molecule has 0 spiro atoms. The Morgan fingerprint density at radius 3 is 2.79 bits per heavy atom. The van der Waals surface area contributed by atoms with E-state index in [1.807, 2.05) is 42.5 Å². The molecular weight excluding hydrogens is 240 g/mol. The molecular formula is C16H20O3. The van der Waals surface area contributed by atoms with Gasteiger partial charge in [-0.25, -0.2) is 0 Å². The van der Waals surface area contributed by atoms with E-state index in [4.69, 9.17) is 14.2 Å². The van der Waals surface area contributed by atoms with Gasteiger partial charge in [0.1, 0.15) is 12.2 Å². The molecule has 1 saturated heterocycles. The van der Waals surface area contributed by atoms with Crippen LogP contribution in [-0.4, -0.2) is 32.0 Å². The van der Waals surface area contributed by atoms with Crippen LogP contribution in [0.25, 0.3) is 0 Å². The maximum Gasteiger partial charge on any atom is 0.111 e. The van der Waals surface area contributed by atoms with Crippen LogP contribution in [0.5, 0.6) is 0 Å². The highest BCUT2D eigenvalue weighted by Gasteiger charge is 2.24. The second kappa shape index (κ2) is 7.89. The summed E-state index contributed by atoms with van der Waals surface area (Å²) in [6, 6.07) is 10.1. The highest BCUT2D eigenvalue weighted by Crippen LogP contribution is 2.13. The molecule has 0 aliphatic carbocycles. The first kappa shape index (κ1) is 14.0. The Morgan fingerprint density at radius 2 is 2.00 bits per heavy atom. The van der Waals surface area contributed by atoms with Gasteiger partial charge in [0.15, 0.2) is 0 Å². The minimum atomic E-state index is -0.0532. The van der Waals surface area contributed by atoms with E-state index in [1.165, 1.54) is 0 Å². The van der Waals surface area contributed by atoms with Crippen LogP contribution in [0.15, 0.2) is 55.1 Å². The van der Waals surface area contributed by atoms with Crippen LogP contribution < -0.4 is 0 Å². The maximum atomic E-state index is 5.70. The third kappa shape index (κ3) is 4.63. The average molecular weight is 260 g/mol. The monoisotopic (exact) mass is 260 g/mol. The van der Waals surface area contributed by atoms with Crippen LogP contribution in [0, 0.1) is 0 Å². The number of benzene rings is 1. The molecule has 19 heavy (non-hydrogen) atoms. The molecule has 0 N–H and O–H groups in total. The van der Waals surface area contributed by atoms with Gasteiger partial charge in [0.2, 0.25) is 0 Å². The van der Waals surface area contributed by atoms with E-state index in [0.717, 1.165) is 5.56 Å². The lowest BCUT2D eigenvalue weighted by Crippen LogP contribution is -2.40. The van der Waals surface area contributed by atoms with Crippen LogP contribution in [0.4, 0.5) is 0 Å². The van der Waals surface area contributed by atoms with Gasteiger partial charge in [-0.3, -0.25) is 0 Å². The van der Waals surface area contributed by atoms with Crippen molar-refractivity contribution in [2.75, 3.05) is 19.8 Å². The molecule has 1 heterocycles. The molecule has 0 bridgehead atoms. The lowest BCUT2D eigenvalue weighted by atomic mass is 10.1. The fourth-order valence-corrected chi connectivity index (χ4v) is 1.96. The Bertz CT molecular complexity index is 400. The number of ether oxygens (including phenoxy) is 3. The van der Waals surface area contributed by atoms with Crippen LogP contribution in [0.3, 0.4) is 0 Å². The van der Waals surface area contributed by atoms with Crippen LogP contribution in [-0.2, 0) is 20.8 Å². The van der Waals surface area contributed by atoms with Crippen molar-refractivity contribution in [2.45, 2.75) is 18.8 Å². The summed E-state index contributed by atoms with van der Waals surface area (Å²) in [7, 11) is 0. The van der Waals surface area contributed by atoms with Gasteiger partial charge in [0, 0.05) is 0 Å². The van der Waals surface area contributed by atoms with Crippen LogP contribution >= 0.6 is 0 Å². The minimum Gasteiger partial charge on any atom is -0.374 e.